The average Bonchev–Trinajstić information content (AvgIpc) is 3.23. The number of aromatic amines is 1. The highest BCUT2D eigenvalue weighted by Crippen LogP contribution is 2.38. The van der Waals surface area contributed by atoms with Crippen LogP contribution < -0.4 is 5.32 Å². The molecule has 3 aromatic heterocycles. The van der Waals surface area contributed by atoms with Crippen LogP contribution >= 0.6 is 0 Å². The van der Waals surface area contributed by atoms with Crippen molar-refractivity contribution in [2.75, 3.05) is 5.32 Å². The minimum atomic E-state index is -0.280. The molecule has 2 N–H and O–H groups in total. The number of aromatic nitrogens is 6. The molecule has 0 atom stereocenters. The maximum atomic E-state index is 12.4. The van der Waals surface area contributed by atoms with Gasteiger partial charge in [-0.05, 0) is 43.2 Å². The van der Waals surface area contributed by atoms with E-state index in [2.05, 4.69) is 30.5 Å². The largest absolute Gasteiger partial charge is 0.321 e. The van der Waals surface area contributed by atoms with Crippen LogP contribution in [0.3, 0.4) is 0 Å². The van der Waals surface area contributed by atoms with Gasteiger partial charge in [0.1, 0.15) is 11.5 Å². The fraction of sp³-hybridized carbons (Fsp3) is 0.167. The number of anilines is 1. The summed E-state index contributed by atoms with van der Waals surface area (Å²) in [5, 5.41) is 10.1. The number of nitrogens with one attached hydrogen (secondary N) is 2. The molecule has 0 spiro atoms. The number of nitrogens with zero attached hydrogens (tertiary/aromatic N) is 5. The zero-order chi connectivity index (χ0) is 17.5. The fourth-order valence-electron chi connectivity index (χ4n) is 2.78. The topological polar surface area (TPSA) is 101 Å². The third kappa shape index (κ3) is 2.71. The van der Waals surface area contributed by atoms with Gasteiger partial charge >= 0.3 is 0 Å². The van der Waals surface area contributed by atoms with E-state index < -0.39 is 0 Å². The molecule has 26 heavy (non-hydrogen) atoms. The van der Waals surface area contributed by atoms with Crippen LogP contribution in [0.1, 0.15) is 35.1 Å². The Hall–Kier alpha value is -3.55. The molecule has 1 aromatic carbocycles. The van der Waals surface area contributed by atoms with Crippen LogP contribution in [-0.4, -0.2) is 35.5 Å². The van der Waals surface area contributed by atoms with Gasteiger partial charge in [0, 0.05) is 35.8 Å². The SMILES string of the molecule is O=C(Nc1ccc(-c2n[nH]c(C3CC3)n2)cc1)c1cn2cccnc2n1. The van der Waals surface area contributed by atoms with Crippen molar-refractivity contribution in [3.8, 4) is 11.4 Å². The van der Waals surface area contributed by atoms with Gasteiger partial charge < -0.3 is 5.32 Å². The number of imidazole rings is 1. The zero-order valence-corrected chi connectivity index (χ0v) is 13.8. The summed E-state index contributed by atoms with van der Waals surface area (Å²) in [7, 11) is 0. The summed E-state index contributed by atoms with van der Waals surface area (Å²) in [5.74, 6) is 2.38. The van der Waals surface area contributed by atoms with E-state index in [4.69, 9.17) is 0 Å². The molecule has 0 aliphatic heterocycles. The average molecular weight is 345 g/mol. The lowest BCUT2D eigenvalue weighted by Gasteiger charge is -2.03. The van der Waals surface area contributed by atoms with E-state index in [1.807, 2.05) is 24.3 Å². The lowest BCUT2D eigenvalue weighted by Crippen LogP contribution is -2.12. The van der Waals surface area contributed by atoms with Crippen molar-refractivity contribution in [1.29, 1.82) is 0 Å². The van der Waals surface area contributed by atoms with E-state index in [-0.39, 0.29) is 5.91 Å². The maximum absolute atomic E-state index is 12.4. The predicted molar refractivity (Wildman–Crippen MR) is 94.7 cm³/mol. The van der Waals surface area contributed by atoms with E-state index in [0.717, 1.165) is 11.4 Å². The summed E-state index contributed by atoms with van der Waals surface area (Å²) in [4.78, 5) is 25.2. The van der Waals surface area contributed by atoms with Crippen LogP contribution in [-0.2, 0) is 0 Å². The molecule has 8 heteroatoms. The van der Waals surface area contributed by atoms with Gasteiger partial charge in [0.15, 0.2) is 5.82 Å². The molecule has 0 radical (unpaired) electrons. The summed E-state index contributed by atoms with van der Waals surface area (Å²) in [5.41, 5.74) is 1.90. The molecule has 1 amide bonds. The summed E-state index contributed by atoms with van der Waals surface area (Å²) < 4.78 is 1.71. The van der Waals surface area contributed by atoms with E-state index in [1.165, 1.54) is 12.8 Å². The molecular weight excluding hydrogens is 330 g/mol. The number of carbonyl (C=O) groups is 1. The van der Waals surface area contributed by atoms with Gasteiger partial charge in [-0.2, -0.15) is 5.10 Å². The van der Waals surface area contributed by atoms with E-state index in [1.54, 1.807) is 29.1 Å². The van der Waals surface area contributed by atoms with Crippen LogP contribution in [0.25, 0.3) is 17.2 Å². The Bertz CT molecular complexity index is 1060. The molecule has 1 fully saturated rings. The molecule has 3 heterocycles. The molecule has 8 nitrogen and oxygen atoms in total. The molecule has 1 saturated carbocycles. The number of amides is 1. The molecule has 1 aliphatic carbocycles. The number of hydrogen-bond donors (Lipinski definition) is 2. The zero-order valence-electron chi connectivity index (χ0n) is 13.8. The van der Waals surface area contributed by atoms with E-state index in [0.29, 0.717) is 28.9 Å². The molecule has 4 aromatic rings. The van der Waals surface area contributed by atoms with Gasteiger partial charge in [0.25, 0.3) is 5.91 Å². The van der Waals surface area contributed by atoms with Gasteiger partial charge in [0.05, 0.1) is 0 Å². The van der Waals surface area contributed by atoms with Crippen molar-refractivity contribution < 1.29 is 4.79 Å². The first-order valence-electron chi connectivity index (χ1n) is 8.40. The van der Waals surface area contributed by atoms with Crippen molar-refractivity contribution in [3.63, 3.8) is 0 Å². The molecule has 5 rings (SSSR count). The van der Waals surface area contributed by atoms with Crippen LogP contribution in [0.5, 0.6) is 0 Å². The Kier molecular flexibility index (Phi) is 3.27. The Morgan fingerprint density at radius 1 is 1.19 bits per heavy atom. The summed E-state index contributed by atoms with van der Waals surface area (Å²) >= 11 is 0. The number of H-pyrrole nitrogens is 1. The first kappa shape index (κ1) is 14.8. The van der Waals surface area contributed by atoms with Crippen molar-refractivity contribution >= 4 is 17.4 Å². The first-order valence-corrected chi connectivity index (χ1v) is 8.40. The Morgan fingerprint density at radius 3 is 2.81 bits per heavy atom. The van der Waals surface area contributed by atoms with Crippen molar-refractivity contribution in [2.24, 2.45) is 0 Å². The highest BCUT2D eigenvalue weighted by atomic mass is 16.1. The van der Waals surface area contributed by atoms with E-state index in [9.17, 15) is 4.79 Å². The van der Waals surface area contributed by atoms with Gasteiger partial charge in [-0.1, -0.05) is 0 Å². The number of hydrogen-bond acceptors (Lipinski definition) is 5. The number of fused-ring (bicyclic) bond motifs is 1. The lowest BCUT2D eigenvalue weighted by atomic mass is 10.2. The van der Waals surface area contributed by atoms with Crippen LogP contribution in [0.4, 0.5) is 5.69 Å². The van der Waals surface area contributed by atoms with Crippen molar-refractivity contribution in [2.45, 2.75) is 18.8 Å². The Morgan fingerprint density at radius 2 is 2.04 bits per heavy atom. The third-order valence-corrected chi connectivity index (χ3v) is 4.34. The number of benzene rings is 1. The second-order valence-electron chi connectivity index (χ2n) is 6.30. The Labute approximate surface area is 148 Å². The molecule has 0 bridgehead atoms. The second kappa shape index (κ2) is 5.76. The minimum absolute atomic E-state index is 0.280. The minimum Gasteiger partial charge on any atom is -0.321 e. The highest BCUT2D eigenvalue weighted by molar-refractivity contribution is 6.03. The number of carbonyl (C=O) groups excluding carboxylic acids is 1. The molecule has 0 saturated heterocycles. The lowest BCUT2D eigenvalue weighted by molar-refractivity contribution is 0.102. The monoisotopic (exact) mass is 345 g/mol. The second-order valence-corrected chi connectivity index (χ2v) is 6.30. The quantitative estimate of drug-likeness (QED) is 0.592. The van der Waals surface area contributed by atoms with Gasteiger partial charge in [-0.25, -0.2) is 15.0 Å². The fourth-order valence-corrected chi connectivity index (χ4v) is 2.78. The van der Waals surface area contributed by atoms with Crippen LogP contribution in [0, 0.1) is 0 Å². The predicted octanol–water partition coefficient (Wildman–Crippen LogP) is 2.64. The van der Waals surface area contributed by atoms with E-state index >= 15 is 0 Å². The molecular formula is C18H15N7O. The summed E-state index contributed by atoms with van der Waals surface area (Å²) in [6.45, 7) is 0. The van der Waals surface area contributed by atoms with Gasteiger partial charge in [-0.15, -0.1) is 0 Å². The maximum Gasteiger partial charge on any atom is 0.275 e. The van der Waals surface area contributed by atoms with Crippen LogP contribution in [0.15, 0.2) is 48.9 Å². The summed E-state index contributed by atoms with van der Waals surface area (Å²) in [6, 6.07) is 9.22. The third-order valence-electron chi connectivity index (χ3n) is 4.34. The molecule has 128 valence electrons. The highest BCUT2D eigenvalue weighted by Gasteiger charge is 2.27. The van der Waals surface area contributed by atoms with Crippen molar-refractivity contribution in [3.05, 3.63) is 60.4 Å². The number of rotatable bonds is 4. The van der Waals surface area contributed by atoms with Gasteiger partial charge in [0.2, 0.25) is 5.78 Å². The van der Waals surface area contributed by atoms with Crippen molar-refractivity contribution in [1.82, 2.24) is 29.5 Å². The normalized spacial score (nSPS) is 13.8. The molecule has 1 aliphatic rings. The molecule has 0 unspecified atom stereocenters. The van der Waals surface area contributed by atoms with Crippen LogP contribution in [0.2, 0.25) is 0 Å². The van der Waals surface area contributed by atoms with Gasteiger partial charge in [-0.3, -0.25) is 14.3 Å². The Balaban J connectivity index is 1.32. The summed E-state index contributed by atoms with van der Waals surface area (Å²) in [6.07, 6.45) is 7.45. The first-order chi connectivity index (χ1) is 12.8. The smallest absolute Gasteiger partial charge is 0.275 e. The standard InChI is InChI=1S/C18H15N7O/c26-17(14-10-25-9-1-8-19-18(25)21-14)20-13-6-4-12(5-7-13)16-22-15(23-24-16)11-2-3-11/h1,4-11H,2-3H2,(H,20,26)(H,22,23,24).